The Morgan fingerprint density at radius 1 is 1.09 bits per heavy atom. The Balaban J connectivity index is 1.47. The highest BCUT2D eigenvalue weighted by Crippen LogP contribution is 2.23. The monoisotopic (exact) mass is 507 g/mol. The Kier molecular flexibility index (Phi) is 9.18. The van der Waals surface area contributed by atoms with E-state index in [2.05, 4.69) is 11.5 Å². The van der Waals surface area contributed by atoms with E-state index in [0.717, 1.165) is 31.5 Å². The van der Waals surface area contributed by atoms with Gasteiger partial charge >= 0.3 is 0 Å². The maximum Gasteiger partial charge on any atom is 0.225 e. The summed E-state index contributed by atoms with van der Waals surface area (Å²) in [5.74, 6) is 0.0296. The van der Waals surface area contributed by atoms with Crippen molar-refractivity contribution in [2.75, 3.05) is 45.8 Å². The number of carbonyl (C=O) groups is 1. The molecule has 10 heteroatoms. The summed E-state index contributed by atoms with van der Waals surface area (Å²) < 4.78 is 27.1. The highest BCUT2D eigenvalue weighted by molar-refractivity contribution is 7.88. The first-order valence-corrected chi connectivity index (χ1v) is 13.4. The third-order valence-electron chi connectivity index (χ3n) is 6.23. The molecule has 186 valence electrons. The normalized spacial score (nSPS) is 19.6. The maximum atomic E-state index is 13.1. The van der Waals surface area contributed by atoms with Crippen LogP contribution in [0.4, 0.5) is 0 Å². The number of rotatable bonds is 8. The lowest BCUT2D eigenvalue weighted by Gasteiger charge is -2.38. The zero-order valence-electron chi connectivity index (χ0n) is 19.4. The van der Waals surface area contributed by atoms with Crippen LogP contribution >= 0.6 is 11.6 Å². The van der Waals surface area contributed by atoms with Gasteiger partial charge in [0.25, 0.3) is 0 Å². The van der Waals surface area contributed by atoms with E-state index < -0.39 is 10.0 Å². The fourth-order valence-corrected chi connectivity index (χ4v) is 6.07. The van der Waals surface area contributed by atoms with Crippen LogP contribution in [-0.2, 0) is 20.6 Å². The quantitative estimate of drug-likeness (QED) is 0.519. The number of halogens is 1. The molecule has 0 spiro atoms. The zero-order chi connectivity index (χ0) is 24.7. The van der Waals surface area contributed by atoms with Crippen LogP contribution in [0.5, 0.6) is 0 Å². The Hall–Kier alpha value is -2.33. The number of sulfonamides is 1. The lowest BCUT2D eigenvalue weighted by Crippen LogP contribution is -2.53. The molecule has 0 aliphatic carbocycles. The molecular weight excluding hydrogens is 474 g/mol. The summed E-state index contributed by atoms with van der Waals surface area (Å²) in [5, 5.41) is 0.574. The number of hydrogen-bond donors (Lipinski definition) is 2. The van der Waals surface area contributed by atoms with E-state index in [-0.39, 0.29) is 17.6 Å². The van der Waals surface area contributed by atoms with E-state index in [1.165, 1.54) is 10.5 Å². The van der Waals surface area contributed by atoms with Gasteiger partial charge in [-0.2, -0.15) is 4.31 Å². The molecule has 1 aromatic rings. The van der Waals surface area contributed by atoms with Crippen molar-refractivity contribution < 1.29 is 13.2 Å². The molecule has 0 saturated carbocycles. The van der Waals surface area contributed by atoms with Crippen molar-refractivity contribution in [2.45, 2.75) is 18.6 Å². The number of piperidine rings is 1. The van der Waals surface area contributed by atoms with Gasteiger partial charge in [0.2, 0.25) is 15.9 Å². The summed E-state index contributed by atoms with van der Waals surface area (Å²) in [5.41, 5.74) is 13.4. The van der Waals surface area contributed by atoms with Gasteiger partial charge in [0.1, 0.15) is 0 Å². The van der Waals surface area contributed by atoms with Gasteiger partial charge in [-0.3, -0.25) is 9.69 Å². The van der Waals surface area contributed by atoms with E-state index in [1.807, 2.05) is 11.0 Å². The average Bonchev–Trinajstić information content (AvgIpc) is 2.80. The molecule has 8 nitrogen and oxygen atoms in total. The van der Waals surface area contributed by atoms with Crippen LogP contribution < -0.4 is 11.5 Å². The second kappa shape index (κ2) is 11.9. The molecule has 3 rings (SSSR count). The number of nitrogens with zero attached hydrogens (tertiary/aromatic N) is 3. The summed E-state index contributed by atoms with van der Waals surface area (Å²) in [7, 11) is -3.44. The van der Waals surface area contributed by atoms with Gasteiger partial charge in [-0.1, -0.05) is 30.3 Å². The van der Waals surface area contributed by atoms with Gasteiger partial charge < -0.3 is 16.4 Å². The molecule has 1 aromatic carbocycles. The van der Waals surface area contributed by atoms with Crippen molar-refractivity contribution in [3.8, 4) is 0 Å². The lowest BCUT2D eigenvalue weighted by molar-refractivity contribution is -0.138. The third kappa shape index (κ3) is 7.33. The predicted molar refractivity (Wildman–Crippen MR) is 136 cm³/mol. The number of piperazine rings is 1. The van der Waals surface area contributed by atoms with E-state index in [4.69, 9.17) is 23.1 Å². The molecule has 1 amide bonds. The van der Waals surface area contributed by atoms with Gasteiger partial charge in [0.15, 0.2) is 0 Å². The largest absolute Gasteiger partial charge is 0.405 e. The number of likely N-dealkylation sites (tertiary alicyclic amines) is 1. The first kappa shape index (κ1) is 26.3. The van der Waals surface area contributed by atoms with Crippen LogP contribution in [0.25, 0.3) is 0 Å². The minimum Gasteiger partial charge on any atom is -0.405 e. The molecular formula is C24H34ClN5O3S. The second-order valence-electron chi connectivity index (χ2n) is 8.81. The summed E-state index contributed by atoms with van der Waals surface area (Å²) in [6.45, 7) is 7.52. The van der Waals surface area contributed by atoms with E-state index >= 15 is 0 Å². The molecule has 2 fully saturated rings. The average molecular weight is 508 g/mol. The van der Waals surface area contributed by atoms with Crippen LogP contribution in [0.1, 0.15) is 18.4 Å². The molecule has 2 aliphatic heterocycles. The Morgan fingerprint density at radius 3 is 2.26 bits per heavy atom. The predicted octanol–water partition coefficient (Wildman–Crippen LogP) is 1.90. The van der Waals surface area contributed by atoms with Gasteiger partial charge in [0.05, 0.1) is 5.75 Å². The minimum absolute atomic E-state index is 0.0320. The molecule has 4 N–H and O–H groups in total. The lowest BCUT2D eigenvalue weighted by atomic mass is 9.94. The second-order valence-corrected chi connectivity index (χ2v) is 11.2. The molecule has 0 bridgehead atoms. The summed E-state index contributed by atoms with van der Waals surface area (Å²) in [6, 6.07) is 6.83. The van der Waals surface area contributed by atoms with Gasteiger partial charge in [0, 0.05) is 49.4 Å². The SMILES string of the molecule is C=C(N)/C=C(\C=C/N)CN1CCC(C(=O)N2CCN(S(=O)(=O)Cc3ccc(Cl)cc3)CC2)CC1. The van der Waals surface area contributed by atoms with Crippen LogP contribution in [0, 0.1) is 5.92 Å². The summed E-state index contributed by atoms with van der Waals surface area (Å²) in [6.07, 6.45) is 6.66. The number of amides is 1. The first-order valence-electron chi connectivity index (χ1n) is 11.4. The summed E-state index contributed by atoms with van der Waals surface area (Å²) >= 11 is 5.88. The molecule has 0 unspecified atom stereocenters. The van der Waals surface area contributed by atoms with E-state index in [9.17, 15) is 13.2 Å². The Labute approximate surface area is 207 Å². The van der Waals surface area contributed by atoms with Crippen molar-refractivity contribution in [3.63, 3.8) is 0 Å². The molecule has 0 radical (unpaired) electrons. The molecule has 0 atom stereocenters. The number of carbonyl (C=O) groups excluding carboxylic acids is 1. The fourth-order valence-electron chi connectivity index (χ4n) is 4.43. The van der Waals surface area contributed by atoms with Crippen LogP contribution in [0.2, 0.25) is 5.02 Å². The van der Waals surface area contributed by atoms with Crippen molar-refractivity contribution in [1.82, 2.24) is 14.1 Å². The van der Waals surface area contributed by atoms with Crippen LogP contribution in [0.3, 0.4) is 0 Å². The fraction of sp³-hybridized carbons (Fsp3) is 0.458. The highest BCUT2D eigenvalue weighted by Gasteiger charge is 2.33. The third-order valence-corrected chi connectivity index (χ3v) is 8.33. The molecule has 0 aromatic heterocycles. The molecule has 2 aliphatic rings. The van der Waals surface area contributed by atoms with Crippen molar-refractivity contribution in [2.24, 2.45) is 17.4 Å². The number of benzene rings is 1. The standard InChI is InChI=1S/C24H34ClN5O3S/c1-19(27)16-21(6-9-26)17-28-10-7-22(8-11-28)24(31)29-12-14-30(15-13-29)34(32,33)18-20-2-4-23(25)5-3-20/h2-6,9,16,22H,1,7-8,10-15,17-18,26-27H2/b9-6-,21-16+. The van der Waals surface area contributed by atoms with Crippen molar-refractivity contribution >= 4 is 27.5 Å². The topological polar surface area (TPSA) is 113 Å². The summed E-state index contributed by atoms with van der Waals surface area (Å²) in [4.78, 5) is 17.2. The minimum atomic E-state index is -3.44. The van der Waals surface area contributed by atoms with E-state index in [0.29, 0.717) is 49.0 Å². The highest BCUT2D eigenvalue weighted by atomic mass is 35.5. The van der Waals surface area contributed by atoms with Crippen molar-refractivity contribution in [3.05, 3.63) is 71.1 Å². The van der Waals surface area contributed by atoms with Crippen LogP contribution in [0.15, 0.2) is 60.5 Å². The van der Waals surface area contributed by atoms with E-state index in [1.54, 1.807) is 30.3 Å². The van der Waals surface area contributed by atoms with Gasteiger partial charge in [-0.15, -0.1) is 0 Å². The number of allylic oxidation sites excluding steroid dienone is 1. The number of hydrogen-bond acceptors (Lipinski definition) is 6. The number of nitrogens with two attached hydrogens (primary N) is 2. The van der Waals surface area contributed by atoms with Gasteiger partial charge in [-0.05, 0) is 67.6 Å². The maximum absolute atomic E-state index is 13.1. The van der Waals surface area contributed by atoms with Crippen LogP contribution in [-0.4, -0.2) is 74.2 Å². The molecule has 34 heavy (non-hydrogen) atoms. The van der Waals surface area contributed by atoms with Gasteiger partial charge in [-0.25, -0.2) is 8.42 Å². The zero-order valence-corrected chi connectivity index (χ0v) is 21.0. The Bertz CT molecular complexity index is 1020. The molecule has 2 heterocycles. The Morgan fingerprint density at radius 2 is 1.71 bits per heavy atom. The first-order chi connectivity index (χ1) is 16.2. The smallest absolute Gasteiger partial charge is 0.225 e. The van der Waals surface area contributed by atoms with Crippen molar-refractivity contribution in [1.29, 1.82) is 0 Å². The molecule has 2 saturated heterocycles.